The number of fused-ring (bicyclic) bond motifs is 1. The topological polar surface area (TPSA) is 74.7 Å². The molecule has 0 saturated carbocycles. The van der Waals surface area contributed by atoms with Crippen LogP contribution in [0.3, 0.4) is 0 Å². The Morgan fingerprint density at radius 3 is 2.24 bits per heavy atom. The van der Waals surface area contributed by atoms with Crippen molar-refractivity contribution in [1.29, 1.82) is 0 Å². The van der Waals surface area contributed by atoms with Crippen molar-refractivity contribution >= 4 is 17.8 Å². The van der Waals surface area contributed by atoms with Gasteiger partial charge in [0.1, 0.15) is 0 Å². The third-order valence-corrected chi connectivity index (χ3v) is 3.48. The van der Waals surface area contributed by atoms with E-state index >= 15 is 0 Å². The molecule has 1 fully saturated rings. The fourth-order valence-electron chi connectivity index (χ4n) is 2.40. The number of carboxylic acid groups (broad SMARTS) is 1. The predicted octanol–water partition coefficient (Wildman–Crippen LogP) is 0.658. The van der Waals surface area contributed by atoms with E-state index in [4.69, 9.17) is 5.11 Å². The molecule has 1 heterocycles. The number of aliphatic carboxylic acids is 1. The third-order valence-electron chi connectivity index (χ3n) is 3.48. The van der Waals surface area contributed by atoms with Crippen molar-refractivity contribution in [2.75, 3.05) is 6.54 Å². The van der Waals surface area contributed by atoms with Gasteiger partial charge in [0.05, 0.1) is 17.8 Å². The summed E-state index contributed by atoms with van der Waals surface area (Å²) < 4.78 is 0. The summed E-state index contributed by atoms with van der Waals surface area (Å²) in [5.74, 6) is -2.66. The van der Waals surface area contributed by atoms with E-state index < -0.39 is 11.9 Å². The highest BCUT2D eigenvalue weighted by Gasteiger charge is 2.47. The molecule has 2 rings (SSSR count). The van der Waals surface area contributed by atoms with E-state index in [2.05, 4.69) is 0 Å². The zero-order valence-corrected chi connectivity index (χ0v) is 9.63. The van der Waals surface area contributed by atoms with Gasteiger partial charge in [-0.1, -0.05) is 19.1 Å². The first-order chi connectivity index (χ1) is 8.02. The van der Waals surface area contributed by atoms with Gasteiger partial charge in [-0.3, -0.25) is 19.3 Å². The molecule has 1 aliphatic carbocycles. The van der Waals surface area contributed by atoms with Crippen molar-refractivity contribution in [3.8, 4) is 0 Å². The summed E-state index contributed by atoms with van der Waals surface area (Å²) in [6, 6.07) is 0. The van der Waals surface area contributed by atoms with Gasteiger partial charge in [-0.15, -0.1) is 0 Å². The van der Waals surface area contributed by atoms with Crippen LogP contribution in [-0.2, 0) is 14.4 Å². The van der Waals surface area contributed by atoms with Crippen LogP contribution in [0.15, 0.2) is 12.2 Å². The van der Waals surface area contributed by atoms with Crippen LogP contribution in [0.4, 0.5) is 0 Å². The van der Waals surface area contributed by atoms with Gasteiger partial charge in [0.2, 0.25) is 11.8 Å². The van der Waals surface area contributed by atoms with Crippen LogP contribution in [0.1, 0.15) is 19.8 Å². The highest BCUT2D eigenvalue weighted by atomic mass is 16.4. The van der Waals surface area contributed by atoms with Crippen molar-refractivity contribution in [1.82, 2.24) is 4.90 Å². The Hall–Kier alpha value is -1.65. The van der Waals surface area contributed by atoms with E-state index in [9.17, 15) is 14.4 Å². The van der Waals surface area contributed by atoms with E-state index in [0.29, 0.717) is 12.8 Å². The SMILES string of the molecule is CC(CN1C(=O)[C@H]2CC=CC[C@H]2C1=O)C(=O)O. The molecule has 0 spiro atoms. The van der Waals surface area contributed by atoms with E-state index in [1.165, 1.54) is 6.92 Å². The van der Waals surface area contributed by atoms with Crippen LogP contribution >= 0.6 is 0 Å². The molecule has 0 radical (unpaired) electrons. The predicted molar refractivity (Wildman–Crippen MR) is 58.9 cm³/mol. The molecule has 92 valence electrons. The van der Waals surface area contributed by atoms with Crippen molar-refractivity contribution in [2.45, 2.75) is 19.8 Å². The number of allylic oxidation sites excluding steroid dienone is 2. The number of rotatable bonds is 3. The lowest BCUT2D eigenvalue weighted by molar-refractivity contribution is -0.145. The zero-order chi connectivity index (χ0) is 12.6. The zero-order valence-electron chi connectivity index (χ0n) is 9.63. The molecule has 0 aromatic heterocycles. The molecule has 0 aromatic carbocycles. The highest BCUT2D eigenvalue weighted by Crippen LogP contribution is 2.35. The second-order valence-electron chi connectivity index (χ2n) is 4.68. The molecule has 17 heavy (non-hydrogen) atoms. The van der Waals surface area contributed by atoms with Crippen molar-refractivity contribution in [3.05, 3.63) is 12.2 Å². The Bertz CT molecular complexity index is 375. The minimum atomic E-state index is -0.987. The van der Waals surface area contributed by atoms with E-state index in [0.717, 1.165) is 4.90 Å². The summed E-state index contributed by atoms with van der Waals surface area (Å²) >= 11 is 0. The van der Waals surface area contributed by atoms with Gasteiger partial charge in [0.25, 0.3) is 0 Å². The van der Waals surface area contributed by atoms with Crippen LogP contribution in [-0.4, -0.2) is 34.3 Å². The molecule has 3 atom stereocenters. The maximum Gasteiger partial charge on any atom is 0.308 e. The summed E-state index contributed by atoms with van der Waals surface area (Å²) in [7, 11) is 0. The lowest BCUT2D eigenvalue weighted by atomic mass is 9.85. The van der Waals surface area contributed by atoms with Crippen LogP contribution in [0.2, 0.25) is 0 Å². The number of carboxylic acids is 1. The van der Waals surface area contributed by atoms with Gasteiger partial charge in [0, 0.05) is 6.54 Å². The van der Waals surface area contributed by atoms with Crippen LogP contribution in [0.25, 0.3) is 0 Å². The van der Waals surface area contributed by atoms with Crippen LogP contribution in [0, 0.1) is 17.8 Å². The average Bonchev–Trinajstić information content (AvgIpc) is 2.55. The Labute approximate surface area is 99.1 Å². The van der Waals surface area contributed by atoms with Gasteiger partial charge in [-0.25, -0.2) is 0 Å². The van der Waals surface area contributed by atoms with Gasteiger partial charge in [-0.2, -0.15) is 0 Å². The first-order valence-electron chi connectivity index (χ1n) is 5.75. The smallest absolute Gasteiger partial charge is 0.308 e. The standard InChI is InChI=1S/C12H15NO4/c1-7(12(16)17)6-13-10(14)8-4-2-3-5-9(8)11(13)15/h2-3,7-9H,4-6H2,1H3,(H,16,17)/t7?,8-,9+. The fourth-order valence-corrected chi connectivity index (χ4v) is 2.40. The van der Waals surface area contributed by atoms with Crippen LogP contribution < -0.4 is 0 Å². The number of amides is 2. The minimum absolute atomic E-state index is 0.0139. The molecule has 0 aromatic rings. The Balaban J connectivity index is 2.13. The minimum Gasteiger partial charge on any atom is -0.481 e. The normalized spacial score (nSPS) is 29.4. The summed E-state index contributed by atoms with van der Waals surface area (Å²) in [6.45, 7) is 1.49. The number of imide groups is 1. The van der Waals surface area contributed by atoms with Crippen LogP contribution in [0.5, 0.6) is 0 Å². The average molecular weight is 237 g/mol. The molecule has 1 unspecified atom stereocenters. The lowest BCUT2D eigenvalue weighted by Crippen LogP contribution is -2.37. The molecule has 0 bridgehead atoms. The van der Waals surface area contributed by atoms with E-state index in [1.807, 2.05) is 12.2 Å². The molecule has 1 saturated heterocycles. The molecular weight excluding hydrogens is 222 g/mol. The third kappa shape index (κ3) is 1.97. The largest absolute Gasteiger partial charge is 0.481 e. The number of likely N-dealkylation sites (tertiary alicyclic amines) is 1. The highest BCUT2D eigenvalue weighted by molar-refractivity contribution is 6.05. The van der Waals surface area contributed by atoms with E-state index in [1.54, 1.807) is 0 Å². The summed E-state index contributed by atoms with van der Waals surface area (Å²) in [4.78, 5) is 35.9. The van der Waals surface area contributed by atoms with Gasteiger partial charge in [0.15, 0.2) is 0 Å². The fraction of sp³-hybridized carbons (Fsp3) is 0.583. The van der Waals surface area contributed by atoms with E-state index in [-0.39, 0.29) is 30.2 Å². The maximum absolute atomic E-state index is 12.0. The molecule has 5 nitrogen and oxygen atoms in total. The monoisotopic (exact) mass is 237 g/mol. The number of carbonyl (C=O) groups is 3. The van der Waals surface area contributed by atoms with Crippen molar-refractivity contribution in [3.63, 3.8) is 0 Å². The molecule has 2 aliphatic rings. The van der Waals surface area contributed by atoms with Crippen molar-refractivity contribution in [2.24, 2.45) is 17.8 Å². The number of hydrogen-bond acceptors (Lipinski definition) is 3. The molecule has 5 heteroatoms. The van der Waals surface area contributed by atoms with Gasteiger partial charge in [-0.05, 0) is 12.8 Å². The molecule has 2 amide bonds. The molecular formula is C12H15NO4. The number of carbonyl (C=O) groups excluding carboxylic acids is 2. The summed E-state index contributed by atoms with van der Waals surface area (Å²) in [5.41, 5.74) is 0. The second-order valence-corrected chi connectivity index (χ2v) is 4.68. The Morgan fingerprint density at radius 2 is 1.82 bits per heavy atom. The Kier molecular flexibility index (Phi) is 3.00. The summed E-state index contributed by atoms with van der Waals surface area (Å²) in [5, 5.41) is 8.81. The maximum atomic E-state index is 12.0. The van der Waals surface area contributed by atoms with Crippen molar-refractivity contribution < 1.29 is 19.5 Å². The summed E-state index contributed by atoms with van der Waals surface area (Å²) in [6.07, 6.45) is 5.01. The molecule has 1 aliphatic heterocycles. The second kappa shape index (κ2) is 4.31. The lowest BCUT2D eigenvalue weighted by Gasteiger charge is -2.17. The molecule has 1 N–H and O–H groups in total. The van der Waals surface area contributed by atoms with Gasteiger partial charge < -0.3 is 5.11 Å². The quantitative estimate of drug-likeness (QED) is 0.578. The first-order valence-corrected chi connectivity index (χ1v) is 5.75. The number of hydrogen-bond donors (Lipinski definition) is 1. The Morgan fingerprint density at radius 1 is 1.35 bits per heavy atom. The van der Waals surface area contributed by atoms with Gasteiger partial charge >= 0.3 is 5.97 Å². The first kappa shape index (κ1) is 11.8. The number of nitrogens with zero attached hydrogens (tertiary/aromatic N) is 1.